The van der Waals surface area contributed by atoms with Gasteiger partial charge in [-0.05, 0) is 48.9 Å². The number of hydrogen-bond donors (Lipinski definition) is 0. The lowest BCUT2D eigenvalue weighted by atomic mass is 9.97. The minimum absolute atomic E-state index is 0.0421. The average Bonchev–Trinajstić information content (AvgIpc) is 3.40. The van der Waals surface area contributed by atoms with E-state index >= 15 is 0 Å². The molecule has 0 unspecified atom stereocenters. The first-order valence-electron chi connectivity index (χ1n) is 10.4. The van der Waals surface area contributed by atoms with Gasteiger partial charge in [-0.15, -0.1) is 21.5 Å². The number of benzene rings is 2. The highest BCUT2D eigenvalue weighted by molar-refractivity contribution is 9.10. The molecular weight excluding hydrogens is 472 g/mol. The summed E-state index contributed by atoms with van der Waals surface area (Å²) < 4.78 is 4.89. The van der Waals surface area contributed by atoms with E-state index in [1.54, 1.807) is 15.9 Å². The quantitative estimate of drug-likeness (QED) is 0.337. The maximum Gasteiger partial charge on any atom is 0.264 e. The second kappa shape index (κ2) is 7.43. The summed E-state index contributed by atoms with van der Waals surface area (Å²) in [7, 11) is 0. The Bertz CT molecular complexity index is 1480. The van der Waals surface area contributed by atoms with E-state index in [-0.39, 0.29) is 5.56 Å². The molecule has 0 radical (unpaired) electrons. The van der Waals surface area contributed by atoms with Crippen LogP contribution >= 0.6 is 27.3 Å². The van der Waals surface area contributed by atoms with Crippen molar-refractivity contribution in [3.8, 4) is 11.4 Å². The number of thiophene rings is 1. The van der Waals surface area contributed by atoms with Crippen LogP contribution < -0.4 is 5.56 Å². The molecule has 6 rings (SSSR count). The van der Waals surface area contributed by atoms with Gasteiger partial charge in [-0.25, -0.2) is 0 Å². The van der Waals surface area contributed by atoms with E-state index in [0.717, 1.165) is 50.9 Å². The van der Waals surface area contributed by atoms with E-state index in [1.807, 2.05) is 54.6 Å². The zero-order chi connectivity index (χ0) is 20.9. The lowest BCUT2D eigenvalue weighted by molar-refractivity contribution is 0.698. The smallest absolute Gasteiger partial charge is 0.264 e. The largest absolute Gasteiger partial charge is 0.272 e. The molecule has 5 aromatic rings. The van der Waals surface area contributed by atoms with E-state index in [0.29, 0.717) is 12.3 Å². The molecule has 0 aliphatic heterocycles. The lowest BCUT2D eigenvalue weighted by Gasteiger charge is -2.12. The molecule has 0 amide bonds. The van der Waals surface area contributed by atoms with Crippen molar-refractivity contribution in [3.63, 3.8) is 0 Å². The molecular formula is C24H19BrN4OS. The number of rotatable bonds is 3. The van der Waals surface area contributed by atoms with Crippen molar-refractivity contribution in [2.45, 2.75) is 32.2 Å². The maximum atomic E-state index is 13.8. The van der Waals surface area contributed by atoms with Gasteiger partial charge in [0.1, 0.15) is 4.83 Å². The fourth-order valence-electron chi connectivity index (χ4n) is 4.49. The van der Waals surface area contributed by atoms with E-state index in [2.05, 4.69) is 30.5 Å². The van der Waals surface area contributed by atoms with Crippen LogP contribution in [0.5, 0.6) is 0 Å². The van der Waals surface area contributed by atoms with Crippen molar-refractivity contribution >= 4 is 43.3 Å². The Morgan fingerprint density at radius 1 is 0.968 bits per heavy atom. The zero-order valence-electron chi connectivity index (χ0n) is 16.7. The Balaban J connectivity index is 1.70. The van der Waals surface area contributed by atoms with Crippen molar-refractivity contribution < 1.29 is 0 Å². The molecule has 2 aromatic carbocycles. The summed E-state index contributed by atoms with van der Waals surface area (Å²) in [4.78, 5) is 16.1. The van der Waals surface area contributed by atoms with Gasteiger partial charge in [0.2, 0.25) is 5.78 Å². The molecule has 154 valence electrons. The van der Waals surface area contributed by atoms with Crippen LogP contribution in [0.1, 0.15) is 28.8 Å². The fourth-order valence-corrected chi connectivity index (χ4v) is 6.13. The van der Waals surface area contributed by atoms with Gasteiger partial charge in [0.15, 0.2) is 5.82 Å². The summed E-state index contributed by atoms with van der Waals surface area (Å²) in [5.41, 5.74) is 3.33. The zero-order valence-corrected chi connectivity index (χ0v) is 19.1. The Morgan fingerprint density at radius 3 is 2.55 bits per heavy atom. The van der Waals surface area contributed by atoms with E-state index in [1.165, 1.54) is 16.9 Å². The van der Waals surface area contributed by atoms with Gasteiger partial charge < -0.3 is 0 Å². The highest BCUT2D eigenvalue weighted by Gasteiger charge is 2.25. The third-order valence-electron chi connectivity index (χ3n) is 5.99. The minimum Gasteiger partial charge on any atom is -0.272 e. The molecule has 0 fully saturated rings. The van der Waals surface area contributed by atoms with Crippen LogP contribution in [-0.4, -0.2) is 19.2 Å². The highest BCUT2D eigenvalue weighted by atomic mass is 79.9. The number of fused-ring (bicyclic) bond motifs is 5. The van der Waals surface area contributed by atoms with Crippen LogP contribution in [0.25, 0.3) is 27.4 Å². The Morgan fingerprint density at radius 2 is 1.74 bits per heavy atom. The molecule has 7 heteroatoms. The first-order chi connectivity index (χ1) is 15.2. The van der Waals surface area contributed by atoms with E-state index in [4.69, 9.17) is 0 Å². The van der Waals surface area contributed by atoms with Crippen molar-refractivity contribution in [1.82, 2.24) is 19.2 Å². The van der Waals surface area contributed by atoms with Gasteiger partial charge in [0, 0.05) is 14.9 Å². The molecule has 0 atom stereocenters. The summed E-state index contributed by atoms with van der Waals surface area (Å²) in [6.45, 7) is 0.474. The Hall–Kier alpha value is -2.77. The highest BCUT2D eigenvalue weighted by Crippen LogP contribution is 2.36. The van der Waals surface area contributed by atoms with Crippen molar-refractivity contribution in [3.05, 3.63) is 85.4 Å². The lowest BCUT2D eigenvalue weighted by Crippen LogP contribution is -2.24. The second-order valence-electron chi connectivity index (χ2n) is 7.93. The number of hydrogen-bond acceptors (Lipinski definition) is 4. The van der Waals surface area contributed by atoms with E-state index in [9.17, 15) is 4.79 Å². The predicted octanol–water partition coefficient (Wildman–Crippen LogP) is 5.46. The Kier molecular flexibility index (Phi) is 4.54. The second-order valence-corrected chi connectivity index (χ2v) is 9.93. The molecule has 5 nitrogen and oxygen atoms in total. The maximum absolute atomic E-state index is 13.8. The van der Waals surface area contributed by atoms with Gasteiger partial charge in [0.05, 0.1) is 11.9 Å². The van der Waals surface area contributed by atoms with Crippen LogP contribution in [0.15, 0.2) is 63.9 Å². The molecule has 0 bridgehead atoms. The van der Waals surface area contributed by atoms with Crippen LogP contribution in [0.4, 0.5) is 0 Å². The monoisotopic (exact) mass is 490 g/mol. The van der Waals surface area contributed by atoms with Crippen molar-refractivity contribution in [1.29, 1.82) is 0 Å². The summed E-state index contributed by atoms with van der Waals surface area (Å²) in [5, 5.41) is 9.89. The molecule has 3 aromatic heterocycles. The van der Waals surface area contributed by atoms with Crippen LogP contribution in [-0.2, 0) is 19.4 Å². The molecule has 0 saturated heterocycles. The Labute approximate surface area is 191 Å². The molecule has 1 aliphatic rings. The number of aromatic nitrogens is 4. The molecule has 1 aliphatic carbocycles. The molecule has 0 spiro atoms. The van der Waals surface area contributed by atoms with Crippen molar-refractivity contribution in [2.75, 3.05) is 0 Å². The molecule has 3 heterocycles. The van der Waals surface area contributed by atoms with Gasteiger partial charge in [-0.1, -0.05) is 58.4 Å². The van der Waals surface area contributed by atoms with Gasteiger partial charge >= 0.3 is 0 Å². The molecule has 31 heavy (non-hydrogen) atoms. The third-order valence-corrected chi connectivity index (χ3v) is 7.79. The first kappa shape index (κ1) is 19.0. The van der Waals surface area contributed by atoms with E-state index < -0.39 is 0 Å². The van der Waals surface area contributed by atoms with Crippen LogP contribution in [0.3, 0.4) is 0 Å². The van der Waals surface area contributed by atoms with Gasteiger partial charge in [-0.2, -0.15) is 0 Å². The average molecular weight is 491 g/mol. The predicted molar refractivity (Wildman–Crippen MR) is 128 cm³/mol. The minimum atomic E-state index is 0.0421. The van der Waals surface area contributed by atoms with Gasteiger partial charge in [-0.3, -0.25) is 13.8 Å². The third kappa shape index (κ3) is 3.06. The first-order valence-corrected chi connectivity index (χ1v) is 12.0. The summed E-state index contributed by atoms with van der Waals surface area (Å²) in [5.74, 6) is 1.37. The van der Waals surface area contributed by atoms with Crippen molar-refractivity contribution in [2.24, 2.45) is 0 Å². The normalized spacial score (nSPS) is 13.7. The number of halogens is 1. The topological polar surface area (TPSA) is 52.2 Å². The van der Waals surface area contributed by atoms with Gasteiger partial charge in [0.25, 0.3) is 5.56 Å². The summed E-state index contributed by atoms with van der Waals surface area (Å²) >= 11 is 5.24. The summed E-state index contributed by atoms with van der Waals surface area (Å²) in [6.07, 6.45) is 4.33. The SMILES string of the molecule is O=c1c2c3c(sc2n2c(-c4ccc(Br)cc4)nnc2n1Cc1ccccc1)CCCC3. The molecule has 0 saturated carbocycles. The standard InChI is InChI=1S/C24H19BrN4OS/c25-17-12-10-16(11-13-17)21-26-27-24-28(14-15-6-2-1-3-7-15)22(30)20-18-8-4-5-9-19(18)31-23(20)29(21)24/h1-3,6-7,10-13H,4-5,8-9,14H2. The summed E-state index contributed by atoms with van der Waals surface area (Å²) in [6, 6.07) is 18.2. The number of nitrogens with zero attached hydrogens (tertiary/aromatic N) is 4. The number of aryl methyl sites for hydroxylation is 2. The van der Waals surface area contributed by atoms with Crippen LogP contribution in [0, 0.1) is 0 Å². The van der Waals surface area contributed by atoms with Crippen LogP contribution in [0.2, 0.25) is 0 Å². The molecule has 0 N–H and O–H groups in total. The fraction of sp³-hybridized carbons (Fsp3) is 0.208.